The first-order chi connectivity index (χ1) is 14.1. The molecule has 2 bridgehead atoms. The molecule has 2 N–H and O–H groups in total. The van der Waals surface area contributed by atoms with Gasteiger partial charge in [0, 0.05) is 17.9 Å². The van der Waals surface area contributed by atoms with Crippen LogP contribution in [0.15, 0.2) is 23.0 Å². The van der Waals surface area contributed by atoms with Crippen LogP contribution in [-0.2, 0) is 23.8 Å². The van der Waals surface area contributed by atoms with Crippen LogP contribution in [0.4, 0.5) is 0 Å². The Morgan fingerprint density at radius 2 is 1.97 bits per heavy atom. The lowest BCUT2D eigenvalue weighted by molar-refractivity contribution is -0.238. The van der Waals surface area contributed by atoms with Crippen molar-refractivity contribution in [1.29, 1.82) is 0 Å². The number of esters is 2. The SMILES string of the molecule is CCCC(CCC)C(=O)OCC1=C2/C(=C\[C@@]3(C)CC[C@@](O)(O3)[C@H](C)C[C@@H]2O)OC1=O. The van der Waals surface area contributed by atoms with Crippen LogP contribution in [0.2, 0.25) is 0 Å². The quantitative estimate of drug-likeness (QED) is 0.608. The van der Waals surface area contributed by atoms with E-state index in [1.54, 1.807) is 6.08 Å². The Hall–Kier alpha value is -1.70. The summed E-state index contributed by atoms with van der Waals surface area (Å²) in [6.45, 7) is 7.45. The van der Waals surface area contributed by atoms with Gasteiger partial charge in [-0.15, -0.1) is 0 Å². The van der Waals surface area contributed by atoms with E-state index >= 15 is 0 Å². The molecule has 7 heteroatoms. The highest BCUT2D eigenvalue weighted by Gasteiger charge is 2.51. The average molecular weight is 423 g/mol. The molecule has 4 atom stereocenters. The molecule has 0 spiro atoms. The molecule has 0 aliphatic carbocycles. The topological polar surface area (TPSA) is 102 Å². The third-order valence-corrected chi connectivity index (χ3v) is 6.51. The van der Waals surface area contributed by atoms with Crippen molar-refractivity contribution in [2.24, 2.45) is 11.8 Å². The molecule has 3 aliphatic heterocycles. The van der Waals surface area contributed by atoms with Gasteiger partial charge in [0.05, 0.1) is 23.2 Å². The highest BCUT2D eigenvalue weighted by atomic mass is 16.6. The summed E-state index contributed by atoms with van der Waals surface area (Å²) in [5, 5.41) is 21.8. The standard InChI is InChI=1S/C23H34O7/c1-5-7-15(8-6-2)20(25)28-13-16-19-17(24)11-14(3)23(27)10-9-22(4,30-23)12-18(19)29-21(16)26/h12,14-15,17,24,27H,5-11,13H2,1-4H3/b18-12+/t14-,17+,22-,23-/m1/s1. The van der Waals surface area contributed by atoms with Gasteiger partial charge in [0.25, 0.3) is 0 Å². The van der Waals surface area contributed by atoms with Gasteiger partial charge < -0.3 is 24.4 Å². The lowest BCUT2D eigenvalue weighted by Gasteiger charge is -2.32. The van der Waals surface area contributed by atoms with Gasteiger partial charge in [0.15, 0.2) is 5.79 Å². The molecule has 168 valence electrons. The van der Waals surface area contributed by atoms with Crippen LogP contribution in [0.3, 0.4) is 0 Å². The van der Waals surface area contributed by atoms with Crippen molar-refractivity contribution in [1.82, 2.24) is 0 Å². The minimum atomic E-state index is -1.34. The number of hydrogen-bond acceptors (Lipinski definition) is 7. The molecule has 3 aliphatic rings. The first kappa shape index (κ1) is 23.0. The molecule has 1 saturated heterocycles. The van der Waals surface area contributed by atoms with E-state index in [1.807, 2.05) is 27.7 Å². The molecular formula is C23H34O7. The Kier molecular flexibility index (Phi) is 6.75. The van der Waals surface area contributed by atoms with Crippen LogP contribution in [-0.4, -0.2) is 46.3 Å². The first-order valence-electron chi connectivity index (χ1n) is 11.1. The summed E-state index contributed by atoms with van der Waals surface area (Å²) < 4.78 is 16.9. The van der Waals surface area contributed by atoms with E-state index in [-0.39, 0.29) is 42.2 Å². The maximum Gasteiger partial charge on any atom is 0.343 e. The first-order valence-corrected chi connectivity index (χ1v) is 11.1. The Bertz CT molecular complexity index is 749. The fraction of sp³-hybridized carbons (Fsp3) is 0.739. The zero-order valence-corrected chi connectivity index (χ0v) is 18.4. The van der Waals surface area contributed by atoms with E-state index < -0.39 is 23.5 Å². The fourth-order valence-electron chi connectivity index (χ4n) is 4.72. The molecule has 3 rings (SSSR count). The number of aliphatic hydroxyl groups is 2. The van der Waals surface area contributed by atoms with E-state index in [0.29, 0.717) is 18.4 Å². The second kappa shape index (κ2) is 8.81. The number of hydrogen-bond donors (Lipinski definition) is 2. The predicted octanol–water partition coefficient (Wildman–Crippen LogP) is 3.14. The van der Waals surface area contributed by atoms with Crippen molar-refractivity contribution in [3.8, 4) is 0 Å². The predicted molar refractivity (Wildman–Crippen MR) is 109 cm³/mol. The van der Waals surface area contributed by atoms with Gasteiger partial charge in [-0.25, -0.2) is 4.79 Å². The highest BCUT2D eigenvalue weighted by Crippen LogP contribution is 2.47. The number of ether oxygens (including phenoxy) is 3. The molecule has 3 heterocycles. The molecule has 1 fully saturated rings. The number of aliphatic hydroxyl groups excluding tert-OH is 1. The third kappa shape index (κ3) is 4.48. The largest absolute Gasteiger partial charge is 0.460 e. The summed E-state index contributed by atoms with van der Waals surface area (Å²) in [5.41, 5.74) is -0.314. The Labute approximate surface area is 178 Å². The minimum Gasteiger partial charge on any atom is -0.460 e. The van der Waals surface area contributed by atoms with Crippen molar-refractivity contribution in [2.75, 3.05) is 6.61 Å². The molecule has 30 heavy (non-hydrogen) atoms. The van der Waals surface area contributed by atoms with E-state index in [4.69, 9.17) is 14.2 Å². The van der Waals surface area contributed by atoms with Gasteiger partial charge in [-0.3, -0.25) is 4.79 Å². The fourth-order valence-corrected chi connectivity index (χ4v) is 4.72. The van der Waals surface area contributed by atoms with Crippen LogP contribution in [0.5, 0.6) is 0 Å². The molecular weight excluding hydrogens is 388 g/mol. The lowest BCUT2D eigenvalue weighted by Crippen LogP contribution is -2.39. The van der Waals surface area contributed by atoms with Crippen molar-refractivity contribution in [3.63, 3.8) is 0 Å². The molecule has 0 unspecified atom stereocenters. The zero-order valence-electron chi connectivity index (χ0n) is 18.4. The summed E-state index contributed by atoms with van der Waals surface area (Å²) in [6.07, 6.45) is 5.05. The van der Waals surface area contributed by atoms with Crippen molar-refractivity contribution < 1.29 is 34.0 Å². The normalized spacial score (nSPS) is 35.3. The molecule has 0 aromatic rings. The Morgan fingerprint density at radius 3 is 2.60 bits per heavy atom. The monoisotopic (exact) mass is 422 g/mol. The van der Waals surface area contributed by atoms with E-state index in [9.17, 15) is 19.8 Å². The van der Waals surface area contributed by atoms with Crippen LogP contribution in [0, 0.1) is 11.8 Å². The summed E-state index contributed by atoms with van der Waals surface area (Å²) in [5.74, 6) is -2.59. The third-order valence-electron chi connectivity index (χ3n) is 6.51. The summed E-state index contributed by atoms with van der Waals surface area (Å²) in [7, 11) is 0. The number of carbonyl (C=O) groups excluding carboxylic acids is 2. The van der Waals surface area contributed by atoms with Gasteiger partial charge in [0.1, 0.15) is 12.4 Å². The summed E-state index contributed by atoms with van der Waals surface area (Å²) in [6, 6.07) is 0. The van der Waals surface area contributed by atoms with Gasteiger partial charge in [-0.1, -0.05) is 33.6 Å². The smallest absolute Gasteiger partial charge is 0.343 e. The number of carbonyl (C=O) groups is 2. The second-order valence-electron chi connectivity index (χ2n) is 9.08. The van der Waals surface area contributed by atoms with Crippen LogP contribution in [0.25, 0.3) is 0 Å². The highest BCUT2D eigenvalue weighted by molar-refractivity contribution is 5.95. The van der Waals surface area contributed by atoms with E-state index in [2.05, 4.69) is 0 Å². The average Bonchev–Trinajstić information content (AvgIpc) is 3.16. The van der Waals surface area contributed by atoms with Crippen molar-refractivity contribution in [3.05, 3.63) is 23.0 Å². The van der Waals surface area contributed by atoms with Gasteiger partial charge >= 0.3 is 11.9 Å². The molecule has 0 saturated carbocycles. The van der Waals surface area contributed by atoms with Gasteiger partial charge in [-0.05, 0) is 38.7 Å². The maximum absolute atomic E-state index is 12.6. The number of fused-ring (bicyclic) bond motifs is 3. The van der Waals surface area contributed by atoms with Crippen LogP contribution in [0.1, 0.15) is 72.6 Å². The number of rotatable bonds is 7. The minimum absolute atomic E-state index is 0.161. The van der Waals surface area contributed by atoms with E-state index in [0.717, 1.165) is 25.7 Å². The Balaban J connectivity index is 1.88. The van der Waals surface area contributed by atoms with E-state index in [1.165, 1.54) is 0 Å². The molecule has 0 aromatic heterocycles. The summed E-state index contributed by atoms with van der Waals surface area (Å²) >= 11 is 0. The van der Waals surface area contributed by atoms with Gasteiger partial charge in [-0.2, -0.15) is 0 Å². The molecule has 0 aromatic carbocycles. The molecule has 7 nitrogen and oxygen atoms in total. The zero-order chi connectivity index (χ0) is 22.1. The maximum atomic E-state index is 12.6. The van der Waals surface area contributed by atoms with Gasteiger partial charge in [0.2, 0.25) is 0 Å². The summed E-state index contributed by atoms with van der Waals surface area (Å²) in [4.78, 5) is 25.1. The lowest BCUT2D eigenvalue weighted by atomic mass is 9.86. The molecule has 0 radical (unpaired) electrons. The van der Waals surface area contributed by atoms with Crippen LogP contribution >= 0.6 is 0 Å². The van der Waals surface area contributed by atoms with Crippen LogP contribution < -0.4 is 0 Å². The van der Waals surface area contributed by atoms with Crippen molar-refractivity contribution >= 4 is 11.9 Å². The van der Waals surface area contributed by atoms with Crippen molar-refractivity contribution in [2.45, 2.75) is 90.1 Å². The second-order valence-corrected chi connectivity index (χ2v) is 9.08. The Morgan fingerprint density at radius 1 is 1.30 bits per heavy atom. The molecule has 0 amide bonds.